The van der Waals surface area contributed by atoms with Crippen LogP contribution in [0.1, 0.15) is 45.7 Å². The molecule has 1 aliphatic carbocycles. The first-order valence-corrected chi connectivity index (χ1v) is 9.26. The van der Waals surface area contributed by atoms with E-state index >= 15 is 0 Å². The number of rotatable bonds is 3. The van der Waals surface area contributed by atoms with Crippen LogP contribution in [0, 0.1) is 19.8 Å². The highest BCUT2D eigenvalue weighted by molar-refractivity contribution is 5.94. The summed E-state index contributed by atoms with van der Waals surface area (Å²) in [4.78, 5) is 15.0. The lowest BCUT2D eigenvalue weighted by Crippen LogP contribution is -2.30. The smallest absolute Gasteiger partial charge is 0.274 e. The highest BCUT2D eigenvalue weighted by Gasteiger charge is 2.32. The topological polar surface area (TPSA) is 64.2 Å². The molecule has 1 saturated heterocycles. The Bertz CT molecular complexity index is 823. The predicted molar refractivity (Wildman–Crippen MR) is 98.1 cm³/mol. The van der Waals surface area contributed by atoms with Crippen molar-refractivity contribution in [2.24, 2.45) is 11.7 Å². The summed E-state index contributed by atoms with van der Waals surface area (Å²) in [5.41, 5.74) is 12.3. The Morgan fingerprint density at radius 3 is 2.88 bits per heavy atom. The van der Waals surface area contributed by atoms with Gasteiger partial charge < -0.3 is 10.6 Å². The van der Waals surface area contributed by atoms with E-state index in [4.69, 9.17) is 10.8 Å². The number of fused-ring (bicyclic) bond motifs is 1. The minimum Gasteiger partial charge on any atom is -0.337 e. The third-order valence-electron chi connectivity index (χ3n) is 5.62. The van der Waals surface area contributed by atoms with Gasteiger partial charge in [-0.25, -0.2) is 4.68 Å². The van der Waals surface area contributed by atoms with Gasteiger partial charge in [-0.05, 0) is 63.6 Å². The molecule has 1 aromatic heterocycles. The number of nitrogens with two attached hydrogens (primary N) is 1. The Labute approximate surface area is 148 Å². The maximum atomic E-state index is 13.1. The number of aromatic nitrogens is 2. The van der Waals surface area contributed by atoms with Crippen LogP contribution in [0.25, 0.3) is 5.69 Å². The second kappa shape index (κ2) is 6.30. The van der Waals surface area contributed by atoms with Gasteiger partial charge in [0, 0.05) is 24.3 Å². The Hall–Kier alpha value is -2.14. The van der Waals surface area contributed by atoms with E-state index in [1.54, 1.807) is 0 Å². The number of benzene rings is 1. The summed E-state index contributed by atoms with van der Waals surface area (Å²) in [5, 5.41) is 4.78. The van der Waals surface area contributed by atoms with Crippen molar-refractivity contribution in [2.45, 2.75) is 39.5 Å². The van der Waals surface area contributed by atoms with E-state index in [1.807, 2.05) is 9.58 Å². The number of hydrogen-bond donors (Lipinski definition) is 1. The van der Waals surface area contributed by atoms with E-state index in [2.05, 4.69) is 32.0 Å². The van der Waals surface area contributed by atoms with Gasteiger partial charge in [0.05, 0.1) is 5.69 Å². The molecule has 2 heterocycles. The Morgan fingerprint density at radius 1 is 1.32 bits per heavy atom. The van der Waals surface area contributed by atoms with Gasteiger partial charge in [0.25, 0.3) is 5.91 Å². The van der Waals surface area contributed by atoms with Crippen LogP contribution in [0.4, 0.5) is 0 Å². The fourth-order valence-electron chi connectivity index (χ4n) is 4.21. The Morgan fingerprint density at radius 2 is 2.16 bits per heavy atom. The molecule has 2 N–H and O–H groups in total. The number of likely N-dealkylation sites (tertiary alicyclic amines) is 1. The average molecular weight is 338 g/mol. The third-order valence-corrected chi connectivity index (χ3v) is 5.62. The Kier molecular flexibility index (Phi) is 4.12. The molecule has 2 aromatic rings. The average Bonchev–Trinajstić information content (AvgIpc) is 3.31. The molecule has 1 aromatic carbocycles. The van der Waals surface area contributed by atoms with E-state index in [0.29, 0.717) is 18.2 Å². The first-order chi connectivity index (χ1) is 12.1. The van der Waals surface area contributed by atoms with Gasteiger partial charge in [0.1, 0.15) is 0 Å². The van der Waals surface area contributed by atoms with Gasteiger partial charge in [0.2, 0.25) is 0 Å². The number of carbonyl (C=O) groups is 1. The summed E-state index contributed by atoms with van der Waals surface area (Å²) in [7, 11) is 0. The van der Waals surface area contributed by atoms with Crippen LogP contribution >= 0.6 is 0 Å². The van der Waals surface area contributed by atoms with Gasteiger partial charge in [-0.1, -0.05) is 17.7 Å². The van der Waals surface area contributed by atoms with Gasteiger partial charge in [-0.2, -0.15) is 5.10 Å². The maximum absolute atomic E-state index is 13.1. The maximum Gasteiger partial charge on any atom is 0.274 e. The lowest BCUT2D eigenvalue weighted by molar-refractivity contribution is 0.0780. The minimum atomic E-state index is 0.0811. The normalized spacial score (nSPS) is 19.5. The Balaban J connectivity index is 1.72. The molecule has 1 fully saturated rings. The molecule has 25 heavy (non-hydrogen) atoms. The SMILES string of the molecule is Cc1ccc(-n2nc(C(=O)N3CCC(CN)C3)c3c2CCC3)c(C)c1. The molecular weight excluding hydrogens is 312 g/mol. The molecule has 1 aliphatic heterocycles. The van der Waals surface area contributed by atoms with Gasteiger partial charge in [0.15, 0.2) is 5.69 Å². The fourth-order valence-corrected chi connectivity index (χ4v) is 4.21. The van der Waals surface area contributed by atoms with E-state index in [-0.39, 0.29) is 5.91 Å². The number of carbonyl (C=O) groups excluding carboxylic acids is 1. The standard InChI is InChI=1S/C20H26N4O/c1-13-6-7-17(14(2)10-13)24-18-5-3-4-16(18)19(22-24)20(25)23-9-8-15(11-21)12-23/h6-7,10,15H,3-5,8-9,11-12,21H2,1-2H3. The predicted octanol–water partition coefficient (Wildman–Crippen LogP) is 2.40. The quantitative estimate of drug-likeness (QED) is 0.935. The lowest BCUT2D eigenvalue weighted by atomic mass is 10.1. The number of nitrogens with zero attached hydrogens (tertiary/aromatic N) is 3. The first-order valence-electron chi connectivity index (χ1n) is 9.26. The van der Waals surface area contributed by atoms with Crippen molar-refractivity contribution < 1.29 is 4.79 Å². The molecule has 4 rings (SSSR count). The molecule has 0 bridgehead atoms. The molecule has 1 unspecified atom stereocenters. The molecule has 5 heteroatoms. The van der Waals surface area contributed by atoms with E-state index in [1.165, 1.54) is 16.8 Å². The molecule has 1 amide bonds. The van der Waals surface area contributed by atoms with Crippen molar-refractivity contribution in [2.75, 3.05) is 19.6 Å². The summed E-state index contributed by atoms with van der Waals surface area (Å²) in [6, 6.07) is 6.40. The van der Waals surface area contributed by atoms with E-state index in [9.17, 15) is 4.79 Å². The highest BCUT2D eigenvalue weighted by atomic mass is 16.2. The van der Waals surface area contributed by atoms with Crippen molar-refractivity contribution in [1.29, 1.82) is 0 Å². The highest BCUT2D eigenvalue weighted by Crippen LogP contribution is 2.30. The van der Waals surface area contributed by atoms with Crippen molar-refractivity contribution >= 4 is 5.91 Å². The number of amides is 1. The molecule has 1 atom stereocenters. The third kappa shape index (κ3) is 2.76. The second-order valence-electron chi connectivity index (χ2n) is 7.47. The van der Waals surface area contributed by atoms with Crippen LogP contribution in [-0.4, -0.2) is 40.2 Å². The molecule has 132 valence electrons. The van der Waals surface area contributed by atoms with E-state index < -0.39 is 0 Å². The number of hydrogen-bond acceptors (Lipinski definition) is 3. The number of aryl methyl sites for hydroxylation is 2. The lowest BCUT2D eigenvalue weighted by Gasteiger charge is -2.15. The molecule has 0 radical (unpaired) electrons. The van der Waals surface area contributed by atoms with Crippen LogP contribution in [-0.2, 0) is 12.8 Å². The van der Waals surface area contributed by atoms with Crippen molar-refractivity contribution in [3.05, 3.63) is 46.3 Å². The first kappa shape index (κ1) is 16.3. The van der Waals surface area contributed by atoms with Crippen LogP contribution in [0.2, 0.25) is 0 Å². The fraction of sp³-hybridized carbons (Fsp3) is 0.500. The van der Waals surface area contributed by atoms with Crippen LogP contribution in [0.3, 0.4) is 0 Å². The van der Waals surface area contributed by atoms with Crippen LogP contribution in [0.15, 0.2) is 18.2 Å². The van der Waals surface area contributed by atoms with Crippen molar-refractivity contribution in [3.8, 4) is 5.69 Å². The van der Waals surface area contributed by atoms with Gasteiger partial charge >= 0.3 is 0 Å². The summed E-state index contributed by atoms with van der Waals surface area (Å²) in [6.07, 6.45) is 4.05. The molecule has 0 saturated carbocycles. The summed E-state index contributed by atoms with van der Waals surface area (Å²) >= 11 is 0. The van der Waals surface area contributed by atoms with Crippen molar-refractivity contribution in [3.63, 3.8) is 0 Å². The summed E-state index contributed by atoms with van der Waals surface area (Å²) in [5.74, 6) is 0.510. The summed E-state index contributed by atoms with van der Waals surface area (Å²) < 4.78 is 2.01. The van der Waals surface area contributed by atoms with E-state index in [0.717, 1.165) is 50.0 Å². The zero-order valence-electron chi connectivity index (χ0n) is 15.1. The zero-order valence-corrected chi connectivity index (χ0v) is 15.1. The monoisotopic (exact) mass is 338 g/mol. The minimum absolute atomic E-state index is 0.0811. The zero-order chi connectivity index (χ0) is 17.6. The molecule has 5 nitrogen and oxygen atoms in total. The van der Waals surface area contributed by atoms with Crippen molar-refractivity contribution in [1.82, 2.24) is 14.7 Å². The summed E-state index contributed by atoms with van der Waals surface area (Å²) in [6.45, 7) is 6.42. The molecular formula is C20H26N4O. The molecule has 2 aliphatic rings. The molecule has 0 spiro atoms. The van der Waals surface area contributed by atoms with Crippen LogP contribution in [0.5, 0.6) is 0 Å². The second-order valence-corrected chi connectivity index (χ2v) is 7.47. The van der Waals surface area contributed by atoms with Crippen LogP contribution < -0.4 is 5.73 Å². The van der Waals surface area contributed by atoms with Gasteiger partial charge in [-0.15, -0.1) is 0 Å². The van der Waals surface area contributed by atoms with Gasteiger partial charge in [-0.3, -0.25) is 4.79 Å². The largest absolute Gasteiger partial charge is 0.337 e.